The predicted molar refractivity (Wildman–Crippen MR) is 95.9 cm³/mol. The van der Waals surface area contributed by atoms with Crippen LogP contribution in [0.1, 0.15) is 41.7 Å². The van der Waals surface area contributed by atoms with Crippen molar-refractivity contribution in [3.63, 3.8) is 0 Å². The summed E-state index contributed by atoms with van der Waals surface area (Å²) in [6.07, 6.45) is 0.138. The number of alkyl halides is 1. The molecule has 6 nitrogen and oxygen atoms in total. The summed E-state index contributed by atoms with van der Waals surface area (Å²) < 4.78 is 30.8. The van der Waals surface area contributed by atoms with Crippen molar-refractivity contribution in [2.75, 3.05) is 18.0 Å². The third-order valence-corrected chi connectivity index (χ3v) is 5.68. The Morgan fingerprint density at radius 1 is 1.33 bits per heavy atom. The molecule has 2 aromatic rings. The van der Waals surface area contributed by atoms with Gasteiger partial charge in [-0.3, -0.25) is 4.79 Å². The molecule has 0 bridgehead atoms. The van der Waals surface area contributed by atoms with Gasteiger partial charge in [0.25, 0.3) is 0 Å². The second-order valence-corrected chi connectivity index (χ2v) is 7.37. The van der Waals surface area contributed by atoms with Crippen molar-refractivity contribution in [2.24, 2.45) is 0 Å². The highest BCUT2D eigenvalue weighted by atomic mass is 19.1. The fourth-order valence-electron chi connectivity index (χ4n) is 4.22. The summed E-state index contributed by atoms with van der Waals surface area (Å²) in [4.78, 5) is 25.6. The molecule has 1 aromatic carbocycles. The Morgan fingerprint density at radius 3 is 2.74 bits per heavy atom. The number of pyridine rings is 1. The Labute approximate surface area is 153 Å². The van der Waals surface area contributed by atoms with Crippen LogP contribution in [0.2, 0.25) is 0 Å². The molecule has 1 aromatic heterocycles. The Kier molecular flexibility index (Phi) is 4.18. The number of carbonyl (C=O) groups is 1. The van der Waals surface area contributed by atoms with Gasteiger partial charge in [0.15, 0.2) is 0 Å². The van der Waals surface area contributed by atoms with Crippen molar-refractivity contribution < 1.29 is 23.8 Å². The van der Waals surface area contributed by atoms with Crippen molar-refractivity contribution in [2.45, 2.75) is 44.5 Å². The smallest absolute Gasteiger partial charge is 0.341 e. The van der Waals surface area contributed by atoms with Crippen LogP contribution >= 0.6 is 0 Å². The largest absolute Gasteiger partial charge is 0.477 e. The average molecular weight is 378 g/mol. The van der Waals surface area contributed by atoms with Gasteiger partial charge in [-0.05, 0) is 32.3 Å². The van der Waals surface area contributed by atoms with Gasteiger partial charge in [-0.25, -0.2) is 13.6 Å². The van der Waals surface area contributed by atoms with Crippen LogP contribution < -0.4 is 10.3 Å². The Balaban J connectivity index is 1.99. The lowest BCUT2D eigenvalue weighted by Crippen LogP contribution is -2.45. The number of rotatable bonds is 2. The first-order chi connectivity index (χ1) is 12.8. The second kappa shape index (κ2) is 6.30. The number of benzene rings is 1. The highest BCUT2D eigenvalue weighted by Gasteiger charge is 2.33. The van der Waals surface area contributed by atoms with E-state index < -0.39 is 29.5 Å². The fourth-order valence-corrected chi connectivity index (χ4v) is 4.22. The molecule has 2 unspecified atom stereocenters. The van der Waals surface area contributed by atoms with E-state index in [1.54, 1.807) is 9.47 Å². The maximum atomic E-state index is 15.0. The molecule has 0 spiro atoms. The molecule has 27 heavy (non-hydrogen) atoms. The van der Waals surface area contributed by atoms with Gasteiger partial charge in [-0.1, -0.05) is 0 Å². The van der Waals surface area contributed by atoms with Crippen LogP contribution in [0.5, 0.6) is 0 Å². The minimum Gasteiger partial charge on any atom is -0.477 e. The molecule has 1 fully saturated rings. The summed E-state index contributed by atoms with van der Waals surface area (Å²) in [5.41, 5.74) is 0.258. The molecular weight excluding hydrogens is 358 g/mol. The van der Waals surface area contributed by atoms with Crippen LogP contribution in [-0.4, -0.2) is 46.1 Å². The maximum Gasteiger partial charge on any atom is 0.341 e. The second-order valence-electron chi connectivity index (χ2n) is 7.37. The van der Waals surface area contributed by atoms with E-state index in [2.05, 4.69) is 0 Å². The van der Waals surface area contributed by atoms with Crippen LogP contribution in [0.4, 0.5) is 14.5 Å². The zero-order valence-corrected chi connectivity index (χ0v) is 14.8. The molecule has 2 N–H and O–H groups in total. The minimum atomic E-state index is -1.47. The number of anilines is 1. The van der Waals surface area contributed by atoms with Crippen LogP contribution in [0, 0.1) is 5.82 Å². The molecule has 0 aliphatic carbocycles. The van der Waals surface area contributed by atoms with Crippen LogP contribution in [0.3, 0.4) is 0 Å². The number of aliphatic hydroxyl groups excluding tert-OH is 1. The zero-order valence-electron chi connectivity index (χ0n) is 14.8. The number of halogens is 2. The van der Waals surface area contributed by atoms with Crippen molar-refractivity contribution in [3.8, 4) is 0 Å². The van der Waals surface area contributed by atoms with E-state index >= 15 is 4.39 Å². The Hall–Kier alpha value is -2.48. The predicted octanol–water partition coefficient (Wildman–Crippen LogP) is 2.26. The first-order valence-electron chi connectivity index (χ1n) is 9.00. The molecule has 144 valence electrons. The Morgan fingerprint density at radius 2 is 2.07 bits per heavy atom. The van der Waals surface area contributed by atoms with Gasteiger partial charge < -0.3 is 19.7 Å². The van der Waals surface area contributed by atoms with Gasteiger partial charge in [0, 0.05) is 29.7 Å². The van der Waals surface area contributed by atoms with Gasteiger partial charge >= 0.3 is 5.97 Å². The molecule has 2 aliphatic rings. The number of carboxylic acid groups (broad SMARTS) is 1. The van der Waals surface area contributed by atoms with Gasteiger partial charge in [0.2, 0.25) is 5.43 Å². The monoisotopic (exact) mass is 378 g/mol. The highest BCUT2D eigenvalue weighted by Crippen LogP contribution is 2.39. The number of aryl methyl sites for hydroxylation is 1. The zero-order chi connectivity index (χ0) is 19.5. The van der Waals surface area contributed by atoms with E-state index in [9.17, 15) is 24.2 Å². The first kappa shape index (κ1) is 17.9. The first-order valence-corrected chi connectivity index (χ1v) is 9.00. The van der Waals surface area contributed by atoms with Crippen molar-refractivity contribution in [1.82, 2.24) is 4.57 Å². The molecule has 1 saturated heterocycles. The summed E-state index contributed by atoms with van der Waals surface area (Å²) in [6, 6.07) is 1.02. The van der Waals surface area contributed by atoms with E-state index in [1.807, 2.05) is 6.92 Å². The van der Waals surface area contributed by atoms with Crippen LogP contribution in [0.15, 0.2) is 17.1 Å². The lowest BCUT2D eigenvalue weighted by molar-refractivity contribution is 0.0613. The summed E-state index contributed by atoms with van der Waals surface area (Å²) in [7, 11) is 0. The Bertz CT molecular complexity index is 1000. The van der Waals surface area contributed by atoms with E-state index in [4.69, 9.17) is 0 Å². The number of hydrogen-bond donors (Lipinski definition) is 2. The van der Waals surface area contributed by atoms with Gasteiger partial charge in [-0.15, -0.1) is 0 Å². The number of aromatic nitrogens is 1. The molecule has 0 saturated carbocycles. The minimum absolute atomic E-state index is 0.0338. The highest BCUT2D eigenvalue weighted by molar-refractivity contribution is 5.95. The van der Waals surface area contributed by atoms with Gasteiger partial charge in [-0.2, -0.15) is 0 Å². The fraction of sp³-hybridized carbons (Fsp3) is 0.474. The number of piperidine rings is 1. The van der Waals surface area contributed by atoms with E-state index in [-0.39, 0.29) is 35.6 Å². The van der Waals surface area contributed by atoms with Crippen molar-refractivity contribution in [3.05, 3.63) is 39.4 Å². The molecule has 3 atom stereocenters. The number of aliphatic hydroxyl groups is 1. The molecule has 0 amide bonds. The van der Waals surface area contributed by atoms with Gasteiger partial charge in [0.1, 0.15) is 17.6 Å². The number of hydrogen-bond acceptors (Lipinski definition) is 4. The van der Waals surface area contributed by atoms with Gasteiger partial charge in [0.05, 0.1) is 23.9 Å². The lowest BCUT2D eigenvalue weighted by Gasteiger charge is -2.37. The third kappa shape index (κ3) is 2.70. The number of aromatic carboxylic acids is 1. The topological polar surface area (TPSA) is 82.8 Å². The maximum absolute atomic E-state index is 15.0. The summed E-state index contributed by atoms with van der Waals surface area (Å²) in [5, 5.41) is 19.0. The van der Waals surface area contributed by atoms with E-state index in [1.165, 1.54) is 6.20 Å². The molecule has 8 heteroatoms. The van der Waals surface area contributed by atoms with Crippen molar-refractivity contribution in [1.29, 1.82) is 0 Å². The van der Waals surface area contributed by atoms with Crippen LogP contribution in [-0.2, 0) is 6.42 Å². The SMILES string of the molecule is C[C@H]1CCc2c(N3CCC(O)C(F)C3)c(F)cc3c(=O)c(C(=O)O)cn1c23. The number of nitrogens with zero attached hydrogens (tertiary/aromatic N) is 2. The van der Waals surface area contributed by atoms with E-state index in [0.717, 1.165) is 6.07 Å². The van der Waals surface area contributed by atoms with Crippen LogP contribution in [0.25, 0.3) is 10.9 Å². The summed E-state index contributed by atoms with van der Waals surface area (Å²) >= 11 is 0. The molecule has 4 rings (SSSR count). The molecule has 2 aliphatic heterocycles. The summed E-state index contributed by atoms with van der Waals surface area (Å²) in [6.45, 7) is 2.10. The quantitative estimate of drug-likeness (QED) is 0.838. The summed E-state index contributed by atoms with van der Waals surface area (Å²) in [5.74, 6) is -2.01. The number of carboxylic acids is 1. The van der Waals surface area contributed by atoms with E-state index in [0.29, 0.717) is 30.5 Å². The van der Waals surface area contributed by atoms with Crippen molar-refractivity contribution >= 4 is 22.6 Å². The molecule has 0 radical (unpaired) electrons. The third-order valence-electron chi connectivity index (χ3n) is 5.68. The standard InChI is InChI=1S/C19H20F2N2O4/c1-9-2-3-10-16-11(18(25)12(19(26)27)7-23(9)16)6-13(20)17(10)22-5-4-15(24)14(21)8-22/h6-7,9,14-15,24H,2-5,8H2,1H3,(H,26,27)/t9-,14?,15?/m0/s1. The molecule has 3 heterocycles. The average Bonchev–Trinajstić information content (AvgIpc) is 2.61. The normalized spacial score (nSPS) is 25.0. The lowest BCUT2D eigenvalue weighted by atomic mass is 9.92. The molecular formula is C19H20F2N2O4.